The molecule has 4 aromatic rings. The Kier molecular flexibility index (Phi) is 4.26. The molecule has 0 spiro atoms. The fraction of sp³-hybridized carbons (Fsp3) is 0.111. The summed E-state index contributed by atoms with van der Waals surface area (Å²) in [6, 6.07) is 13.4. The van der Waals surface area contributed by atoms with Gasteiger partial charge in [0.2, 0.25) is 11.1 Å². The number of carbonyl (C=O) groups excluding carboxylic acids is 1. The maximum absolute atomic E-state index is 12.9. The molecule has 0 aliphatic carbocycles. The van der Waals surface area contributed by atoms with Gasteiger partial charge < -0.3 is 10.3 Å². The van der Waals surface area contributed by atoms with Gasteiger partial charge in [-0.25, -0.2) is 9.37 Å². The first-order valence-corrected chi connectivity index (χ1v) is 8.82. The lowest BCUT2D eigenvalue weighted by molar-refractivity contribution is -0.115. The van der Waals surface area contributed by atoms with E-state index >= 15 is 0 Å². The molecule has 130 valence electrons. The molecule has 0 fully saturated rings. The number of halogens is 1. The van der Waals surface area contributed by atoms with Crippen LogP contribution in [0.4, 0.5) is 10.1 Å². The molecule has 0 saturated heterocycles. The highest BCUT2D eigenvalue weighted by molar-refractivity contribution is 8.00. The van der Waals surface area contributed by atoms with Crippen LogP contribution >= 0.6 is 11.8 Å². The van der Waals surface area contributed by atoms with Gasteiger partial charge in [0.05, 0.1) is 5.25 Å². The predicted octanol–water partition coefficient (Wildman–Crippen LogP) is 3.76. The number of fused-ring (bicyclic) bond motifs is 3. The van der Waals surface area contributed by atoms with E-state index in [9.17, 15) is 9.18 Å². The number of anilines is 1. The molecule has 0 aliphatic heterocycles. The van der Waals surface area contributed by atoms with E-state index in [4.69, 9.17) is 0 Å². The van der Waals surface area contributed by atoms with Crippen molar-refractivity contribution in [2.75, 3.05) is 5.32 Å². The molecule has 1 amide bonds. The summed E-state index contributed by atoms with van der Waals surface area (Å²) in [7, 11) is 0. The van der Waals surface area contributed by atoms with Crippen molar-refractivity contribution in [3.8, 4) is 0 Å². The fourth-order valence-corrected chi connectivity index (χ4v) is 3.26. The van der Waals surface area contributed by atoms with E-state index in [0.717, 1.165) is 10.9 Å². The smallest absolute Gasteiger partial charge is 0.237 e. The van der Waals surface area contributed by atoms with Crippen molar-refractivity contribution in [3.63, 3.8) is 0 Å². The van der Waals surface area contributed by atoms with Crippen molar-refractivity contribution >= 4 is 45.4 Å². The number of nitrogens with zero attached hydrogens (tertiary/aromatic N) is 3. The van der Waals surface area contributed by atoms with E-state index in [1.807, 2.05) is 24.3 Å². The number of nitrogens with one attached hydrogen (secondary N) is 2. The number of thioether (sulfide) groups is 1. The number of carbonyl (C=O) groups is 1. The van der Waals surface area contributed by atoms with Crippen LogP contribution in [0, 0.1) is 5.82 Å². The van der Waals surface area contributed by atoms with E-state index < -0.39 is 5.25 Å². The summed E-state index contributed by atoms with van der Waals surface area (Å²) in [6.45, 7) is 1.75. The monoisotopic (exact) mass is 367 g/mol. The number of amides is 1. The molecule has 2 aromatic carbocycles. The lowest BCUT2D eigenvalue weighted by atomic mass is 10.2. The van der Waals surface area contributed by atoms with E-state index in [0.29, 0.717) is 22.0 Å². The fourth-order valence-electron chi connectivity index (χ4n) is 2.54. The van der Waals surface area contributed by atoms with Gasteiger partial charge in [0.1, 0.15) is 11.3 Å². The highest BCUT2D eigenvalue weighted by atomic mass is 32.2. The van der Waals surface area contributed by atoms with E-state index in [2.05, 4.69) is 25.5 Å². The van der Waals surface area contributed by atoms with Gasteiger partial charge in [-0.3, -0.25) is 4.79 Å². The Balaban J connectivity index is 1.51. The number of aromatic amines is 1. The van der Waals surface area contributed by atoms with Crippen LogP contribution in [0.2, 0.25) is 0 Å². The number of H-pyrrole nitrogens is 1. The van der Waals surface area contributed by atoms with Gasteiger partial charge in [0.15, 0.2) is 5.65 Å². The van der Waals surface area contributed by atoms with Crippen LogP contribution in [-0.2, 0) is 4.79 Å². The minimum absolute atomic E-state index is 0.220. The Hall–Kier alpha value is -3.00. The molecule has 26 heavy (non-hydrogen) atoms. The van der Waals surface area contributed by atoms with Gasteiger partial charge in [-0.1, -0.05) is 30.0 Å². The normalized spacial score (nSPS) is 12.4. The summed E-state index contributed by atoms with van der Waals surface area (Å²) in [5, 5.41) is 12.0. The van der Waals surface area contributed by atoms with E-state index in [1.165, 1.54) is 36.0 Å². The predicted molar refractivity (Wildman–Crippen MR) is 99.5 cm³/mol. The Labute approximate surface area is 152 Å². The van der Waals surface area contributed by atoms with Gasteiger partial charge in [0, 0.05) is 16.6 Å². The molecule has 6 nitrogen and oxygen atoms in total. The molecule has 2 N–H and O–H groups in total. The third-order valence-corrected chi connectivity index (χ3v) is 4.82. The quantitative estimate of drug-likeness (QED) is 0.537. The summed E-state index contributed by atoms with van der Waals surface area (Å²) in [6.07, 6.45) is 0. The van der Waals surface area contributed by atoms with Crippen LogP contribution in [-0.4, -0.2) is 31.3 Å². The minimum Gasteiger partial charge on any atom is -0.338 e. The van der Waals surface area contributed by atoms with Crippen molar-refractivity contribution in [1.82, 2.24) is 20.2 Å². The third kappa shape index (κ3) is 3.23. The van der Waals surface area contributed by atoms with Gasteiger partial charge >= 0.3 is 0 Å². The van der Waals surface area contributed by atoms with Crippen LogP contribution in [0.25, 0.3) is 22.1 Å². The second-order valence-corrected chi connectivity index (χ2v) is 7.03. The first-order chi connectivity index (χ1) is 12.6. The second kappa shape index (κ2) is 6.72. The SMILES string of the molecule is C[C@@H](Sc1nnc2c(n1)[nH]c1ccccc12)C(=O)Nc1ccc(F)cc1. The summed E-state index contributed by atoms with van der Waals surface area (Å²) < 4.78 is 12.9. The highest BCUT2D eigenvalue weighted by Gasteiger charge is 2.18. The number of aromatic nitrogens is 4. The van der Waals surface area contributed by atoms with Crippen molar-refractivity contribution in [2.45, 2.75) is 17.3 Å². The van der Waals surface area contributed by atoms with Crippen LogP contribution in [0.5, 0.6) is 0 Å². The summed E-state index contributed by atoms with van der Waals surface area (Å²) >= 11 is 1.21. The molecule has 0 radical (unpaired) electrons. The topological polar surface area (TPSA) is 83.6 Å². The first kappa shape index (κ1) is 16.5. The Morgan fingerprint density at radius 2 is 1.92 bits per heavy atom. The third-order valence-electron chi connectivity index (χ3n) is 3.87. The molecular formula is C18H14FN5OS. The van der Waals surface area contributed by atoms with Gasteiger partial charge in [-0.2, -0.15) is 0 Å². The van der Waals surface area contributed by atoms with Crippen LogP contribution in [0.15, 0.2) is 53.7 Å². The standard InChI is InChI=1S/C18H14FN5OS/c1-10(17(25)20-12-8-6-11(19)7-9-12)26-18-22-16-15(23-24-18)13-4-2-3-5-14(13)21-16/h2-10H,1H3,(H,20,25)(H,21,22,24)/t10-/m1/s1. The maximum atomic E-state index is 12.9. The average molecular weight is 367 g/mol. The van der Waals surface area contributed by atoms with Gasteiger partial charge in [0.25, 0.3) is 0 Å². The molecule has 4 rings (SSSR count). The molecule has 1 atom stereocenters. The molecule has 2 heterocycles. The lowest BCUT2D eigenvalue weighted by Crippen LogP contribution is -2.22. The zero-order chi connectivity index (χ0) is 18.1. The zero-order valence-electron chi connectivity index (χ0n) is 13.7. The van der Waals surface area contributed by atoms with Gasteiger partial charge in [-0.15, -0.1) is 10.2 Å². The highest BCUT2D eigenvalue weighted by Crippen LogP contribution is 2.25. The number of hydrogen-bond donors (Lipinski definition) is 2. The number of rotatable bonds is 4. The Bertz CT molecular complexity index is 1100. The summed E-state index contributed by atoms with van der Waals surface area (Å²) in [5.74, 6) is -0.571. The van der Waals surface area contributed by atoms with Crippen LogP contribution in [0.3, 0.4) is 0 Å². The molecule has 0 unspecified atom stereocenters. The molecule has 0 bridgehead atoms. The Morgan fingerprint density at radius 1 is 1.15 bits per heavy atom. The summed E-state index contributed by atoms with van der Waals surface area (Å²) in [4.78, 5) is 20.0. The average Bonchev–Trinajstić information content (AvgIpc) is 3.01. The summed E-state index contributed by atoms with van der Waals surface area (Å²) in [5.41, 5.74) is 2.81. The molecule has 8 heteroatoms. The van der Waals surface area contributed by atoms with Crippen molar-refractivity contribution in [1.29, 1.82) is 0 Å². The molecular weight excluding hydrogens is 353 g/mol. The number of hydrogen-bond acceptors (Lipinski definition) is 5. The zero-order valence-corrected chi connectivity index (χ0v) is 14.5. The van der Waals surface area contributed by atoms with Crippen molar-refractivity contribution < 1.29 is 9.18 Å². The first-order valence-electron chi connectivity index (χ1n) is 7.94. The molecule has 0 saturated carbocycles. The largest absolute Gasteiger partial charge is 0.338 e. The van der Waals surface area contributed by atoms with Gasteiger partial charge in [-0.05, 0) is 37.3 Å². The maximum Gasteiger partial charge on any atom is 0.237 e. The van der Waals surface area contributed by atoms with Crippen molar-refractivity contribution in [3.05, 3.63) is 54.3 Å². The number of benzene rings is 2. The number of para-hydroxylation sites is 1. The van der Waals surface area contributed by atoms with Crippen LogP contribution < -0.4 is 5.32 Å². The Morgan fingerprint density at radius 3 is 2.73 bits per heavy atom. The van der Waals surface area contributed by atoms with Crippen LogP contribution in [0.1, 0.15) is 6.92 Å². The van der Waals surface area contributed by atoms with Crippen molar-refractivity contribution in [2.24, 2.45) is 0 Å². The second-order valence-electron chi connectivity index (χ2n) is 5.72. The lowest BCUT2D eigenvalue weighted by Gasteiger charge is -2.10. The molecule has 2 aromatic heterocycles. The minimum atomic E-state index is -0.441. The van der Waals surface area contributed by atoms with E-state index in [-0.39, 0.29) is 11.7 Å². The van der Waals surface area contributed by atoms with E-state index in [1.54, 1.807) is 6.92 Å². The molecule has 0 aliphatic rings.